The maximum absolute atomic E-state index is 9.48. The fourth-order valence-electron chi connectivity index (χ4n) is 2.28. The Balaban J connectivity index is 2.39. The van der Waals surface area contributed by atoms with Gasteiger partial charge in [0.25, 0.3) is 0 Å². The lowest BCUT2D eigenvalue weighted by Crippen LogP contribution is -2.09. The number of hydrogen-bond acceptors (Lipinski definition) is 2. The molecule has 2 nitrogen and oxygen atoms in total. The van der Waals surface area contributed by atoms with Crippen molar-refractivity contribution in [1.82, 2.24) is 0 Å². The normalized spacial score (nSPS) is 12.9. The van der Waals surface area contributed by atoms with Crippen LogP contribution in [0.3, 0.4) is 0 Å². The summed E-state index contributed by atoms with van der Waals surface area (Å²) < 4.78 is 0. The van der Waals surface area contributed by atoms with Gasteiger partial charge in [-0.2, -0.15) is 10.5 Å². The number of benzene rings is 2. The van der Waals surface area contributed by atoms with Crippen molar-refractivity contribution in [1.29, 1.82) is 10.5 Å². The van der Waals surface area contributed by atoms with E-state index >= 15 is 0 Å². The number of hydrogen-bond donors (Lipinski definition) is 0. The smallest absolute Gasteiger partial charge is 0.0791 e. The van der Waals surface area contributed by atoms with E-state index in [4.69, 9.17) is 5.26 Å². The van der Waals surface area contributed by atoms with Crippen molar-refractivity contribution in [3.8, 4) is 12.1 Å². The van der Waals surface area contributed by atoms with Gasteiger partial charge in [0.2, 0.25) is 0 Å². The highest BCUT2D eigenvalue weighted by Crippen LogP contribution is 2.34. The first-order chi connectivity index (χ1) is 9.36. The van der Waals surface area contributed by atoms with E-state index in [1.54, 1.807) is 0 Å². The lowest BCUT2D eigenvalue weighted by atomic mass is 9.80. The van der Waals surface area contributed by atoms with E-state index in [0.717, 1.165) is 11.1 Å². The third-order valence-electron chi connectivity index (χ3n) is 3.24. The first kappa shape index (κ1) is 12.9. The molecule has 0 aliphatic heterocycles. The summed E-state index contributed by atoms with van der Waals surface area (Å²) in [6.45, 7) is 0. The van der Waals surface area contributed by atoms with E-state index in [9.17, 15) is 5.26 Å². The molecule has 0 heterocycles. The number of nitrogens with zero attached hydrogens (tertiary/aromatic N) is 2. The van der Waals surface area contributed by atoms with Crippen LogP contribution in [-0.4, -0.2) is 0 Å². The van der Waals surface area contributed by atoms with Gasteiger partial charge in [0.15, 0.2) is 0 Å². The van der Waals surface area contributed by atoms with Crippen LogP contribution in [0.25, 0.3) is 0 Å². The molecular weight excluding hydrogens is 232 g/mol. The van der Waals surface area contributed by atoms with Crippen LogP contribution in [0, 0.1) is 22.7 Å². The van der Waals surface area contributed by atoms with E-state index in [1.165, 1.54) is 0 Å². The van der Waals surface area contributed by atoms with Crippen molar-refractivity contribution in [2.45, 2.75) is 18.3 Å². The highest BCUT2D eigenvalue weighted by Gasteiger charge is 2.24. The lowest BCUT2D eigenvalue weighted by Gasteiger charge is -2.20. The Hall–Kier alpha value is -2.58. The van der Waals surface area contributed by atoms with E-state index < -0.39 is 0 Å². The largest absolute Gasteiger partial charge is 0.198 e. The van der Waals surface area contributed by atoms with Gasteiger partial charge in [-0.1, -0.05) is 60.7 Å². The van der Waals surface area contributed by atoms with Gasteiger partial charge in [0.1, 0.15) is 0 Å². The fraction of sp³-hybridized carbons (Fsp3) is 0.176. The van der Waals surface area contributed by atoms with E-state index in [0.29, 0.717) is 6.42 Å². The van der Waals surface area contributed by atoms with Crippen molar-refractivity contribution >= 4 is 0 Å². The molecule has 92 valence electrons. The zero-order valence-electron chi connectivity index (χ0n) is 10.5. The molecule has 0 saturated carbocycles. The number of rotatable bonds is 4. The Morgan fingerprint density at radius 2 is 1.32 bits per heavy atom. The highest BCUT2D eigenvalue weighted by atomic mass is 14.3. The Bertz CT molecular complexity index is 591. The predicted octanol–water partition coefficient (Wildman–Crippen LogP) is 3.99. The Morgan fingerprint density at radius 1 is 0.789 bits per heavy atom. The quantitative estimate of drug-likeness (QED) is 0.818. The molecule has 19 heavy (non-hydrogen) atoms. The molecule has 0 fully saturated rings. The van der Waals surface area contributed by atoms with E-state index in [-0.39, 0.29) is 11.8 Å². The average Bonchev–Trinajstić information content (AvgIpc) is 2.49. The van der Waals surface area contributed by atoms with Gasteiger partial charge < -0.3 is 0 Å². The zero-order valence-corrected chi connectivity index (χ0v) is 10.5. The maximum Gasteiger partial charge on any atom is 0.0791 e. The van der Waals surface area contributed by atoms with Gasteiger partial charge in [-0.15, -0.1) is 0 Å². The van der Waals surface area contributed by atoms with Crippen molar-refractivity contribution in [2.24, 2.45) is 0 Å². The molecular formula is C17H14N2. The molecule has 2 atom stereocenters. The summed E-state index contributed by atoms with van der Waals surface area (Å²) in [5.41, 5.74) is 2.01. The molecule has 2 rings (SSSR count). The molecule has 0 bridgehead atoms. The van der Waals surface area contributed by atoms with Crippen LogP contribution in [0.5, 0.6) is 0 Å². The maximum atomic E-state index is 9.48. The minimum absolute atomic E-state index is 0.0846. The minimum atomic E-state index is -0.289. The molecule has 0 amide bonds. The summed E-state index contributed by atoms with van der Waals surface area (Å²) in [5.74, 6) is -0.373. The molecule has 0 aliphatic rings. The summed E-state index contributed by atoms with van der Waals surface area (Å²) in [7, 11) is 0. The van der Waals surface area contributed by atoms with Crippen LogP contribution in [-0.2, 0) is 0 Å². The molecule has 0 N–H and O–H groups in total. The van der Waals surface area contributed by atoms with Crippen LogP contribution >= 0.6 is 0 Å². The molecule has 0 unspecified atom stereocenters. The molecule has 0 aliphatic carbocycles. The van der Waals surface area contributed by atoms with Crippen molar-refractivity contribution in [2.75, 3.05) is 0 Å². The molecule has 2 aromatic carbocycles. The summed E-state index contributed by atoms with van der Waals surface area (Å²) in [5, 5.41) is 18.5. The van der Waals surface area contributed by atoms with E-state index in [1.807, 2.05) is 60.7 Å². The third kappa shape index (κ3) is 3.00. The number of nitriles is 2. The first-order valence-corrected chi connectivity index (χ1v) is 6.23. The molecule has 2 heteroatoms. The monoisotopic (exact) mass is 246 g/mol. The Kier molecular flexibility index (Phi) is 4.32. The van der Waals surface area contributed by atoms with Crippen molar-refractivity contribution < 1.29 is 0 Å². The van der Waals surface area contributed by atoms with Crippen LogP contribution in [0.15, 0.2) is 60.7 Å². The van der Waals surface area contributed by atoms with Gasteiger partial charge in [-0.05, 0) is 11.1 Å². The SMILES string of the molecule is N#CC[C@@H](c1ccccc1)[C@@H](C#N)c1ccccc1. The van der Waals surface area contributed by atoms with Gasteiger partial charge in [0, 0.05) is 12.3 Å². The van der Waals surface area contributed by atoms with Gasteiger partial charge >= 0.3 is 0 Å². The first-order valence-electron chi connectivity index (χ1n) is 6.23. The second-order valence-electron chi connectivity index (χ2n) is 4.40. The average molecular weight is 246 g/mol. The third-order valence-corrected chi connectivity index (χ3v) is 3.24. The standard InChI is InChI=1S/C17H14N2/c18-12-11-16(14-7-3-1-4-8-14)17(13-19)15-9-5-2-6-10-15/h1-10,16-17H,11H2/t16-,17-/m0/s1. The van der Waals surface area contributed by atoms with Crippen LogP contribution in [0.4, 0.5) is 0 Å². The Labute approximate surface area is 113 Å². The van der Waals surface area contributed by atoms with Crippen LogP contribution in [0.1, 0.15) is 29.4 Å². The van der Waals surface area contributed by atoms with Crippen LogP contribution in [0.2, 0.25) is 0 Å². The van der Waals surface area contributed by atoms with Crippen molar-refractivity contribution in [3.63, 3.8) is 0 Å². The summed E-state index contributed by atoms with van der Waals surface area (Å²) >= 11 is 0. The zero-order chi connectivity index (χ0) is 13.5. The van der Waals surface area contributed by atoms with Gasteiger partial charge in [-0.25, -0.2) is 0 Å². The summed E-state index contributed by atoms with van der Waals surface area (Å²) in [6.07, 6.45) is 0.344. The molecule has 0 aromatic heterocycles. The second-order valence-corrected chi connectivity index (χ2v) is 4.40. The molecule has 0 spiro atoms. The fourth-order valence-corrected chi connectivity index (χ4v) is 2.28. The minimum Gasteiger partial charge on any atom is -0.198 e. The summed E-state index contributed by atoms with van der Waals surface area (Å²) in [6, 6.07) is 24.0. The van der Waals surface area contributed by atoms with E-state index in [2.05, 4.69) is 12.1 Å². The molecule has 2 aromatic rings. The lowest BCUT2D eigenvalue weighted by molar-refractivity contribution is 0.641. The topological polar surface area (TPSA) is 47.6 Å². The Morgan fingerprint density at radius 3 is 1.79 bits per heavy atom. The van der Waals surface area contributed by atoms with Gasteiger partial charge in [0.05, 0.1) is 18.1 Å². The predicted molar refractivity (Wildman–Crippen MR) is 74.2 cm³/mol. The second kappa shape index (κ2) is 6.38. The highest BCUT2D eigenvalue weighted by molar-refractivity contribution is 5.33. The van der Waals surface area contributed by atoms with Gasteiger partial charge in [-0.3, -0.25) is 0 Å². The molecule has 0 saturated heterocycles. The summed E-state index contributed by atoms with van der Waals surface area (Å²) in [4.78, 5) is 0. The van der Waals surface area contributed by atoms with Crippen LogP contribution < -0.4 is 0 Å². The van der Waals surface area contributed by atoms with Crippen molar-refractivity contribution in [3.05, 3.63) is 71.8 Å². The molecule has 0 radical (unpaired) electrons.